The molecule has 1 N–H and O–H groups in total. The van der Waals surface area contributed by atoms with E-state index in [-0.39, 0.29) is 0 Å². The van der Waals surface area contributed by atoms with Crippen molar-refractivity contribution in [3.63, 3.8) is 0 Å². The molecule has 0 saturated carbocycles. The number of unbranched alkanes of at least 4 members (excludes halogenated alkanes) is 15. The normalized spacial score (nSPS) is 12.2. The third-order valence-electron chi connectivity index (χ3n) is 5.60. The Morgan fingerprint density at radius 1 is 0.759 bits per heavy atom. The molecule has 0 aromatic heterocycles. The van der Waals surface area contributed by atoms with Gasteiger partial charge in [0.2, 0.25) is 0 Å². The molecule has 0 fully saturated rings. The maximum atomic E-state index is 11.1. The molecular formula is C25H44O3S. The number of rotatable bonds is 19. The van der Waals surface area contributed by atoms with Crippen LogP contribution >= 0.6 is 0 Å². The van der Waals surface area contributed by atoms with Gasteiger partial charge in [-0.25, -0.2) is 4.21 Å². The van der Waals surface area contributed by atoms with Gasteiger partial charge in [-0.15, -0.1) is 0 Å². The number of hydrogen-bond acceptors (Lipinski definition) is 2. The Labute approximate surface area is 182 Å². The van der Waals surface area contributed by atoms with E-state index in [0.29, 0.717) is 4.90 Å². The fourth-order valence-electron chi connectivity index (χ4n) is 3.72. The Morgan fingerprint density at radius 2 is 1.21 bits per heavy atom. The van der Waals surface area contributed by atoms with Crippen LogP contribution in [0.4, 0.5) is 0 Å². The summed E-state index contributed by atoms with van der Waals surface area (Å²) in [5.74, 6) is 0.820. The summed E-state index contributed by atoms with van der Waals surface area (Å²) in [6, 6.07) is 5.18. The lowest BCUT2D eigenvalue weighted by Crippen LogP contribution is -2.00. The molecular weight excluding hydrogens is 380 g/mol. The third-order valence-corrected chi connectivity index (χ3v) is 6.26. The highest BCUT2D eigenvalue weighted by atomic mass is 32.2. The van der Waals surface area contributed by atoms with Crippen LogP contribution in [0, 0.1) is 6.92 Å². The first-order chi connectivity index (χ1) is 14.1. The Kier molecular flexibility index (Phi) is 16.2. The molecule has 3 nitrogen and oxygen atoms in total. The highest BCUT2D eigenvalue weighted by molar-refractivity contribution is 7.79. The van der Waals surface area contributed by atoms with Crippen LogP contribution in [-0.2, 0) is 11.1 Å². The zero-order chi connectivity index (χ0) is 21.2. The van der Waals surface area contributed by atoms with Crippen LogP contribution in [0.3, 0.4) is 0 Å². The van der Waals surface area contributed by atoms with Gasteiger partial charge in [0, 0.05) is 0 Å². The molecule has 0 spiro atoms. The molecule has 0 amide bonds. The van der Waals surface area contributed by atoms with Crippen molar-refractivity contribution in [3.05, 3.63) is 23.8 Å². The van der Waals surface area contributed by atoms with Crippen molar-refractivity contribution < 1.29 is 13.5 Å². The summed E-state index contributed by atoms with van der Waals surface area (Å²) in [5.41, 5.74) is 0.918. The van der Waals surface area contributed by atoms with E-state index in [0.717, 1.165) is 24.3 Å². The molecule has 0 aliphatic heterocycles. The molecule has 0 bridgehead atoms. The second-order valence-electron chi connectivity index (χ2n) is 8.33. The van der Waals surface area contributed by atoms with Gasteiger partial charge >= 0.3 is 0 Å². The summed E-state index contributed by atoms with van der Waals surface area (Å²) in [6.07, 6.45) is 21.9. The topological polar surface area (TPSA) is 46.5 Å². The van der Waals surface area contributed by atoms with Crippen molar-refractivity contribution in [1.29, 1.82) is 0 Å². The van der Waals surface area contributed by atoms with E-state index in [1.54, 1.807) is 18.2 Å². The number of ether oxygens (including phenoxy) is 1. The highest BCUT2D eigenvalue weighted by Crippen LogP contribution is 2.21. The van der Waals surface area contributed by atoms with Crippen LogP contribution < -0.4 is 4.74 Å². The first-order valence-corrected chi connectivity index (χ1v) is 13.1. The van der Waals surface area contributed by atoms with Gasteiger partial charge in [0.05, 0.1) is 11.5 Å². The average molecular weight is 425 g/mol. The summed E-state index contributed by atoms with van der Waals surface area (Å²) in [7, 11) is 0. The zero-order valence-electron chi connectivity index (χ0n) is 18.9. The lowest BCUT2D eigenvalue weighted by molar-refractivity contribution is 0.302. The largest absolute Gasteiger partial charge is 0.493 e. The molecule has 0 radical (unpaired) electrons. The summed E-state index contributed by atoms with van der Waals surface area (Å²) in [5, 5.41) is 0. The molecule has 1 rings (SSSR count). The minimum absolute atomic E-state index is 0.428. The molecule has 29 heavy (non-hydrogen) atoms. The van der Waals surface area contributed by atoms with Crippen LogP contribution in [0.2, 0.25) is 0 Å². The van der Waals surface area contributed by atoms with Crippen LogP contribution in [0.25, 0.3) is 0 Å². The minimum atomic E-state index is -1.92. The smallest absolute Gasteiger partial charge is 0.186 e. The second kappa shape index (κ2) is 17.9. The van der Waals surface area contributed by atoms with Gasteiger partial charge < -0.3 is 9.29 Å². The molecule has 0 aliphatic carbocycles. The molecule has 168 valence electrons. The van der Waals surface area contributed by atoms with E-state index in [4.69, 9.17) is 9.29 Å². The maximum absolute atomic E-state index is 11.1. The van der Waals surface area contributed by atoms with Gasteiger partial charge in [0.15, 0.2) is 11.1 Å². The molecule has 0 aliphatic rings. The quantitative estimate of drug-likeness (QED) is 0.180. The average Bonchev–Trinajstić information content (AvgIpc) is 2.71. The Bertz CT molecular complexity index is 545. The lowest BCUT2D eigenvalue weighted by Gasteiger charge is -2.09. The van der Waals surface area contributed by atoms with Gasteiger partial charge in [0.1, 0.15) is 5.75 Å². The van der Waals surface area contributed by atoms with Crippen LogP contribution in [0.15, 0.2) is 23.1 Å². The van der Waals surface area contributed by atoms with Gasteiger partial charge in [-0.3, -0.25) is 0 Å². The standard InChI is InChI=1S/C25H44O3S/c1-3-4-5-6-7-8-9-10-11-12-13-14-15-16-17-18-21-28-25-20-19-24(29(26)27)22-23(25)2/h19-20,22H,3-18,21H2,1-2H3,(H,26,27). The molecule has 4 heteroatoms. The zero-order valence-corrected chi connectivity index (χ0v) is 19.7. The first kappa shape index (κ1) is 26.2. The summed E-state index contributed by atoms with van der Waals surface area (Å²) in [6.45, 7) is 4.92. The van der Waals surface area contributed by atoms with Crippen molar-refractivity contribution in [2.75, 3.05) is 6.61 Å². The van der Waals surface area contributed by atoms with E-state index >= 15 is 0 Å². The summed E-state index contributed by atoms with van der Waals surface area (Å²) >= 11 is -1.92. The number of aryl methyl sites for hydroxylation is 1. The summed E-state index contributed by atoms with van der Waals surface area (Å²) < 4.78 is 26.0. The van der Waals surface area contributed by atoms with Crippen molar-refractivity contribution >= 4 is 11.1 Å². The monoisotopic (exact) mass is 424 g/mol. The molecule has 1 atom stereocenters. The van der Waals surface area contributed by atoms with Crippen molar-refractivity contribution in [1.82, 2.24) is 0 Å². The molecule has 0 heterocycles. The van der Waals surface area contributed by atoms with Crippen LogP contribution in [-0.4, -0.2) is 15.4 Å². The van der Waals surface area contributed by atoms with E-state index in [1.165, 1.54) is 96.3 Å². The number of hydrogen-bond donors (Lipinski definition) is 1. The minimum Gasteiger partial charge on any atom is -0.493 e. The van der Waals surface area contributed by atoms with Crippen molar-refractivity contribution in [2.24, 2.45) is 0 Å². The lowest BCUT2D eigenvalue weighted by atomic mass is 10.0. The first-order valence-electron chi connectivity index (χ1n) is 12.0. The fourth-order valence-corrected chi connectivity index (χ4v) is 4.19. The van der Waals surface area contributed by atoms with E-state index in [1.807, 2.05) is 6.92 Å². The number of benzene rings is 1. The Morgan fingerprint density at radius 3 is 1.62 bits per heavy atom. The molecule has 1 aromatic rings. The van der Waals surface area contributed by atoms with E-state index in [9.17, 15) is 4.21 Å². The molecule has 0 saturated heterocycles. The maximum Gasteiger partial charge on any atom is 0.186 e. The fraction of sp³-hybridized carbons (Fsp3) is 0.760. The van der Waals surface area contributed by atoms with Gasteiger partial charge in [-0.05, 0) is 37.1 Å². The van der Waals surface area contributed by atoms with Gasteiger partial charge in [0.25, 0.3) is 0 Å². The van der Waals surface area contributed by atoms with E-state index < -0.39 is 11.1 Å². The van der Waals surface area contributed by atoms with Gasteiger partial charge in [-0.1, -0.05) is 103 Å². The Balaban J connectivity index is 1.85. The highest BCUT2D eigenvalue weighted by Gasteiger charge is 2.05. The molecule has 1 aromatic carbocycles. The predicted molar refractivity (Wildman–Crippen MR) is 125 cm³/mol. The third kappa shape index (κ3) is 13.9. The van der Waals surface area contributed by atoms with Gasteiger partial charge in [-0.2, -0.15) is 0 Å². The SMILES string of the molecule is CCCCCCCCCCCCCCCCCCOc1ccc(S(=O)O)cc1C. The predicted octanol–water partition coefficient (Wildman–Crippen LogP) is 8.22. The van der Waals surface area contributed by atoms with Crippen LogP contribution in [0.1, 0.15) is 115 Å². The molecule has 1 unspecified atom stereocenters. The summed E-state index contributed by atoms with van der Waals surface area (Å²) in [4.78, 5) is 0.428. The Hall–Kier alpha value is -0.870. The van der Waals surface area contributed by atoms with Crippen molar-refractivity contribution in [2.45, 2.75) is 121 Å². The second-order valence-corrected chi connectivity index (χ2v) is 9.30. The van der Waals surface area contributed by atoms with Crippen LogP contribution in [0.5, 0.6) is 5.75 Å². The van der Waals surface area contributed by atoms with E-state index in [2.05, 4.69) is 6.92 Å². The van der Waals surface area contributed by atoms with Crippen molar-refractivity contribution in [3.8, 4) is 5.75 Å².